The third-order valence-corrected chi connectivity index (χ3v) is 4.24. The van der Waals surface area contributed by atoms with Gasteiger partial charge >= 0.3 is 12.1 Å². The molecule has 0 aromatic heterocycles. The summed E-state index contributed by atoms with van der Waals surface area (Å²) >= 11 is 0. The van der Waals surface area contributed by atoms with E-state index in [0.717, 1.165) is 6.07 Å². The zero-order chi connectivity index (χ0) is 22.2. The summed E-state index contributed by atoms with van der Waals surface area (Å²) in [6.07, 6.45) is 1.33. The Kier molecular flexibility index (Phi) is 9.08. The molecule has 1 heterocycles. The van der Waals surface area contributed by atoms with E-state index in [2.05, 4.69) is 13.8 Å². The average molecular weight is 412 g/mol. The lowest BCUT2D eigenvalue weighted by Crippen LogP contribution is -2.46. The maximum Gasteiger partial charge on any atom is 0.410 e. The average Bonchev–Trinajstić information content (AvgIpc) is 2.61. The summed E-state index contributed by atoms with van der Waals surface area (Å²) in [5.74, 6) is -1.47. The molecule has 1 aromatic carbocycles. The first kappa shape index (κ1) is 24.9. The number of hydrogen-bond donors (Lipinski definition) is 1. The number of carbonyl (C=O) groups excluding carboxylic acids is 2. The van der Waals surface area contributed by atoms with Gasteiger partial charge in [-0.1, -0.05) is 26.3 Å². The fraction of sp³-hybridized carbons (Fsp3) is 0.636. The van der Waals surface area contributed by atoms with Crippen LogP contribution in [-0.4, -0.2) is 47.4 Å². The van der Waals surface area contributed by atoms with Crippen molar-refractivity contribution in [2.24, 2.45) is 0 Å². The molecule has 1 aliphatic rings. The topological polar surface area (TPSA) is 76.1 Å². The quantitative estimate of drug-likeness (QED) is 0.734. The first-order valence-corrected chi connectivity index (χ1v) is 10.1. The molecule has 1 aliphatic heterocycles. The van der Waals surface area contributed by atoms with Gasteiger partial charge in [-0.3, -0.25) is 0 Å². The molecule has 2 rings (SSSR count). The Morgan fingerprint density at radius 1 is 1.17 bits per heavy atom. The normalized spacial score (nSPS) is 15.8. The highest BCUT2D eigenvalue weighted by Gasteiger charge is 2.37. The number of piperidine rings is 1. The molecular weight excluding hydrogens is 377 g/mol. The Balaban J connectivity index is 0.00000132. The second kappa shape index (κ2) is 10.6. The summed E-state index contributed by atoms with van der Waals surface area (Å²) in [6, 6.07) is 4.01. The van der Waals surface area contributed by atoms with Gasteiger partial charge in [-0.25, -0.2) is 14.0 Å². The van der Waals surface area contributed by atoms with Gasteiger partial charge in [0.2, 0.25) is 0 Å². The van der Waals surface area contributed by atoms with E-state index in [1.165, 1.54) is 23.5 Å². The van der Waals surface area contributed by atoms with E-state index in [4.69, 9.17) is 9.47 Å². The number of hydrogen-bond acceptors (Lipinski definition) is 5. The second-order valence-electron chi connectivity index (χ2n) is 8.12. The smallest absolute Gasteiger partial charge is 0.410 e. The van der Waals surface area contributed by atoms with Gasteiger partial charge in [0.1, 0.15) is 11.4 Å². The molecule has 164 valence electrons. The molecule has 0 atom stereocenters. The molecule has 0 saturated carbocycles. The van der Waals surface area contributed by atoms with Gasteiger partial charge in [0.25, 0.3) is 0 Å². The Bertz CT molecular complexity index is 691. The molecule has 1 fully saturated rings. The number of amides is 1. The van der Waals surface area contributed by atoms with Crippen LogP contribution in [0.1, 0.15) is 76.7 Å². The first-order valence-electron chi connectivity index (χ1n) is 10.1. The lowest BCUT2D eigenvalue weighted by atomic mass is 9.84. The van der Waals surface area contributed by atoms with Crippen LogP contribution in [0, 0.1) is 5.82 Å². The molecular formula is C22H34FNO5. The fourth-order valence-corrected chi connectivity index (χ4v) is 2.85. The predicted octanol–water partition coefficient (Wildman–Crippen LogP) is 4.64. The molecule has 0 aliphatic carbocycles. The van der Waals surface area contributed by atoms with E-state index < -0.39 is 29.1 Å². The molecule has 0 bridgehead atoms. The van der Waals surface area contributed by atoms with E-state index >= 15 is 0 Å². The van der Waals surface area contributed by atoms with Crippen molar-refractivity contribution >= 4 is 12.1 Å². The highest BCUT2D eigenvalue weighted by molar-refractivity contribution is 5.89. The first-order chi connectivity index (χ1) is 13.5. The van der Waals surface area contributed by atoms with Crippen LogP contribution in [0.4, 0.5) is 9.18 Å². The lowest BCUT2D eigenvalue weighted by Gasteiger charge is -2.39. The Morgan fingerprint density at radius 3 is 2.17 bits per heavy atom. The van der Waals surface area contributed by atoms with Gasteiger partial charge in [-0.05, 0) is 58.2 Å². The van der Waals surface area contributed by atoms with Gasteiger partial charge in [-0.15, -0.1) is 0 Å². The number of benzene rings is 1. The molecule has 1 N–H and O–H groups in total. The van der Waals surface area contributed by atoms with Crippen molar-refractivity contribution in [1.29, 1.82) is 0 Å². The van der Waals surface area contributed by atoms with Crippen molar-refractivity contribution in [2.45, 2.75) is 72.0 Å². The lowest BCUT2D eigenvalue weighted by molar-refractivity contribution is -0.0358. The molecule has 0 radical (unpaired) electrons. The minimum atomic E-state index is -1.26. The number of esters is 1. The van der Waals surface area contributed by atoms with Crippen LogP contribution in [-0.2, 0) is 15.1 Å². The zero-order valence-corrected chi connectivity index (χ0v) is 18.4. The van der Waals surface area contributed by atoms with Gasteiger partial charge in [0.05, 0.1) is 17.8 Å². The standard InChI is InChI=1S/C19H26FNO5.C3H8/c1-5-25-16(22)14-7-6-13(12-15(14)20)19(24)8-10-21(11-9-19)17(23)26-18(2,3)4;1-3-2/h6-7,12,24H,5,8-11H2,1-4H3;3H2,1-2H3. The minimum Gasteiger partial charge on any atom is -0.462 e. The molecule has 1 saturated heterocycles. The van der Waals surface area contributed by atoms with Crippen molar-refractivity contribution in [3.63, 3.8) is 0 Å². The highest BCUT2D eigenvalue weighted by atomic mass is 19.1. The Morgan fingerprint density at radius 2 is 1.72 bits per heavy atom. The van der Waals surface area contributed by atoms with Gasteiger partial charge in [-0.2, -0.15) is 0 Å². The molecule has 0 spiro atoms. The zero-order valence-electron chi connectivity index (χ0n) is 18.4. The van der Waals surface area contributed by atoms with Crippen LogP contribution in [0.25, 0.3) is 0 Å². The summed E-state index contributed by atoms with van der Waals surface area (Å²) < 4.78 is 24.4. The molecule has 1 amide bonds. The number of carbonyl (C=O) groups is 2. The molecule has 6 nitrogen and oxygen atoms in total. The van der Waals surface area contributed by atoms with Gasteiger partial charge in [0.15, 0.2) is 0 Å². The number of aliphatic hydroxyl groups is 1. The Hall–Kier alpha value is -2.15. The molecule has 29 heavy (non-hydrogen) atoms. The van der Waals surface area contributed by atoms with Gasteiger partial charge in [0, 0.05) is 13.1 Å². The molecule has 0 unspecified atom stereocenters. The summed E-state index contributed by atoms with van der Waals surface area (Å²) in [4.78, 5) is 25.3. The van der Waals surface area contributed by atoms with Crippen molar-refractivity contribution in [2.75, 3.05) is 19.7 Å². The van der Waals surface area contributed by atoms with Crippen LogP contribution in [0.2, 0.25) is 0 Å². The van der Waals surface area contributed by atoms with Crippen LogP contribution >= 0.6 is 0 Å². The minimum absolute atomic E-state index is 0.157. The molecule has 7 heteroatoms. The van der Waals surface area contributed by atoms with Crippen LogP contribution in [0.5, 0.6) is 0 Å². The highest BCUT2D eigenvalue weighted by Crippen LogP contribution is 2.34. The number of ether oxygens (including phenoxy) is 2. The van der Waals surface area contributed by atoms with Crippen LogP contribution in [0.3, 0.4) is 0 Å². The predicted molar refractivity (Wildman–Crippen MR) is 109 cm³/mol. The fourth-order valence-electron chi connectivity index (χ4n) is 2.85. The van der Waals surface area contributed by atoms with E-state index in [9.17, 15) is 19.1 Å². The maximum absolute atomic E-state index is 14.2. The summed E-state index contributed by atoms with van der Waals surface area (Å²) in [5, 5.41) is 10.9. The SMILES string of the molecule is CCC.CCOC(=O)c1ccc(C2(O)CCN(C(=O)OC(C)(C)C)CC2)cc1F. The number of rotatable bonds is 3. The van der Waals surface area contributed by atoms with Crippen LogP contribution < -0.4 is 0 Å². The van der Waals surface area contributed by atoms with E-state index in [1.807, 2.05) is 0 Å². The summed E-state index contributed by atoms with van der Waals surface area (Å²) in [7, 11) is 0. The third-order valence-electron chi connectivity index (χ3n) is 4.24. The van der Waals surface area contributed by atoms with Crippen molar-refractivity contribution in [3.8, 4) is 0 Å². The maximum atomic E-state index is 14.2. The summed E-state index contributed by atoms with van der Waals surface area (Å²) in [6.45, 7) is 12.0. The van der Waals surface area contributed by atoms with Gasteiger partial charge < -0.3 is 19.5 Å². The monoisotopic (exact) mass is 411 g/mol. The Labute approximate surface area is 173 Å². The van der Waals surface area contributed by atoms with E-state index in [1.54, 1.807) is 27.7 Å². The van der Waals surface area contributed by atoms with E-state index in [-0.39, 0.29) is 25.0 Å². The third kappa shape index (κ3) is 7.31. The van der Waals surface area contributed by atoms with Crippen molar-refractivity contribution < 1.29 is 28.6 Å². The van der Waals surface area contributed by atoms with Crippen molar-refractivity contribution in [1.82, 2.24) is 4.90 Å². The number of halogens is 1. The van der Waals surface area contributed by atoms with E-state index in [0.29, 0.717) is 18.7 Å². The second-order valence-corrected chi connectivity index (χ2v) is 8.12. The number of nitrogens with zero attached hydrogens (tertiary/aromatic N) is 1. The van der Waals surface area contributed by atoms with Crippen LogP contribution in [0.15, 0.2) is 18.2 Å². The largest absolute Gasteiger partial charge is 0.462 e. The molecule has 1 aromatic rings. The number of likely N-dealkylation sites (tertiary alicyclic amines) is 1. The van der Waals surface area contributed by atoms with Crippen molar-refractivity contribution in [3.05, 3.63) is 35.1 Å². The summed E-state index contributed by atoms with van der Waals surface area (Å²) in [5.41, 5.74) is -1.62.